The predicted molar refractivity (Wildman–Crippen MR) is 45.3 cm³/mol. The van der Waals surface area contributed by atoms with E-state index in [1.807, 2.05) is 0 Å². The van der Waals surface area contributed by atoms with Gasteiger partial charge in [0.1, 0.15) is 0 Å². The van der Waals surface area contributed by atoms with E-state index in [-0.39, 0.29) is 5.78 Å². The van der Waals surface area contributed by atoms with E-state index in [1.165, 1.54) is 20.4 Å². The molecule has 13 heavy (non-hydrogen) atoms. The van der Waals surface area contributed by atoms with E-state index in [0.717, 1.165) is 0 Å². The molecule has 1 aromatic rings. The number of hydrogen-bond acceptors (Lipinski definition) is 4. The second-order valence-corrected chi connectivity index (χ2v) is 2.57. The van der Waals surface area contributed by atoms with Gasteiger partial charge in [-0.2, -0.15) is 5.10 Å². The molecule has 0 aromatic carbocycles. The lowest BCUT2D eigenvalue weighted by Gasteiger charge is -2.09. The number of nitrogens with zero attached hydrogens (tertiary/aromatic N) is 2. The number of rotatable bonds is 4. The highest BCUT2D eigenvalue weighted by molar-refractivity contribution is 5.98. The second kappa shape index (κ2) is 4.15. The normalized spacial score (nSPS) is 10.8. The highest BCUT2D eigenvalue weighted by Crippen LogP contribution is 2.04. The number of aromatic nitrogens is 2. The summed E-state index contributed by atoms with van der Waals surface area (Å²) in [5, 5.41) is 3.87. The molecule has 0 atom stereocenters. The van der Waals surface area contributed by atoms with Gasteiger partial charge in [-0.1, -0.05) is 0 Å². The minimum absolute atomic E-state index is 0.224. The third-order valence-electron chi connectivity index (χ3n) is 1.63. The van der Waals surface area contributed by atoms with Gasteiger partial charge in [0.15, 0.2) is 0 Å². The molecule has 5 nitrogen and oxygen atoms in total. The molecule has 0 saturated heterocycles. The van der Waals surface area contributed by atoms with Gasteiger partial charge in [0.05, 0.1) is 11.8 Å². The molecular weight excluding hydrogens is 172 g/mol. The first-order valence-corrected chi connectivity index (χ1v) is 3.77. The Labute approximate surface area is 76.3 Å². The van der Waals surface area contributed by atoms with E-state index in [1.54, 1.807) is 17.9 Å². The summed E-state index contributed by atoms with van der Waals surface area (Å²) < 4.78 is 11.2. The van der Waals surface area contributed by atoms with Crippen molar-refractivity contribution in [2.45, 2.75) is 6.29 Å². The van der Waals surface area contributed by atoms with Crippen LogP contribution in [-0.2, 0) is 16.5 Å². The third-order valence-corrected chi connectivity index (χ3v) is 1.63. The van der Waals surface area contributed by atoms with Crippen LogP contribution in [0.25, 0.3) is 0 Å². The van der Waals surface area contributed by atoms with Crippen LogP contribution in [0.2, 0.25) is 0 Å². The van der Waals surface area contributed by atoms with Gasteiger partial charge in [-0.15, -0.1) is 0 Å². The number of carbonyl (C=O) groups is 1. The Morgan fingerprint density at radius 3 is 2.54 bits per heavy atom. The Balaban J connectivity index is 2.78. The van der Waals surface area contributed by atoms with Crippen molar-refractivity contribution in [2.24, 2.45) is 7.05 Å². The highest BCUT2D eigenvalue weighted by atomic mass is 16.7. The molecule has 0 aliphatic rings. The van der Waals surface area contributed by atoms with Gasteiger partial charge in [-0.3, -0.25) is 9.48 Å². The molecule has 0 spiro atoms. The van der Waals surface area contributed by atoms with Crippen molar-refractivity contribution >= 4 is 5.78 Å². The van der Waals surface area contributed by atoms with Crippen molar-refractivity contribution in [3.05, 3.63) is 18.0 Å². The summed E-state index contributed by atoms with van der Waals surface area (Å²) in [5.74, 6) is -0.224. The monoisotopic (exact) mass is 184 g/mol. The van der Waals surface area contributed by atoms with Crippen molar-refractivity contribution in [1.82, 2.24) is 9.78 Å². The van der Waals surface area contributed by atoms with E-state index in [9.17, 15) is 4.79 Å². The Morgan fingerprint density at radius 1 is 1.54 bits per heavy atom. The van der Waals surface area contributed by atoms with Gasteiger partial charge in [0.2, 0.25) is 12.1 Å². The zero-order valence-electron chi connectivity index (χ0n) is 7.85. The van der Waals surface area contributed by atoms with Crippen LogP contribution in [-0.4, -0.2) is 36.1 Å². The van der Waals surface area contributed by atoms with Gasteiger partial charge in [-0.05, 0) is 0 Å². The molecule has 0 aliphatic carbocycles. The van der Waals surface area contributed by atoms with E-state index in [2.05, 4.69) is 5.10 Å². The number of methoxy groups -OCH3 is 2. The topological polar surface area (TPSA) is 53.4 Å². The number of aryl methyl sites for hydroxylation is 1. The molecule has 1 rings (SSSR count). The quantitative estimate of drug-likeness (QED) is 0.496. The van der Waals surface area contributed by atoms with E-state index >= 15 is 0 Å². The zero-order valence-corrected chi connectivity index (χ0v) is 7.85. The van der Waals surface area contributed by atoms with Crippen molar-refractivity contribution < 1.29 is 14.3 Å². The molecule has 0 bridgehead atoms. The first-order valence-electron chi connectivity index (χ1n) is 3.77. The number of Topliss-reactive ketones (excluding diaryl/α,β-unsaturated/α-hetero) is 1. The molecule has 0 saturated carbocycles. The van der Waals surface area contributed by atoms with Crippen LogP contribution in [0, 0.1) is 0 Å². The van der Waals surface area contributed by atoms with Crippen LogP contribution < -0.4 is 0 Å². The smallest absolute Gasteiger partial charge is 0.222 e. The van der Waals surface area contributed by atoms with Gasteiger partial charge in [-0.25, -0.2) is 0 Å². The van der Waals surface area contributed by atoms with E-state index in [0.29, 0.717) is 5.56 Å². The maximum Gasteiger partial charge on any atom is 0.222 e. The van der Waals surface area contributed by atoms with Crippen LogP contribution in [0.5, 0.6) is 0 Å². The molecule has 0 radical (unpaired) electrons. The van der Waals surface area contributed by atoms with Crippen LogP contribution in [0.3, 0.4) is 0 Å². The second-order valence-electron chi connectivity index (χ2n) is 2.57. The van der Waals surface area contributed by atoms with Crippen molar-refractivity contribution in [1.29, 1.82) is 0 Å². The SMILES string of the molecule is COC(OC)C(=O)c1cnn(C)c1. The highest BCUT2D eigenvalue weighted by Gasteiger charge is 2.19. The van der Waals surface area contributed by atoms with Crippen LogP contribution >= 0.6 is 0 Å². The minimum Gasteiger partial charge on any atom is -0.349 e. The molecular formula is C8H12N2O3. The Kier molecular flexibility index (Phi) is 3.16. The summed E-state index contributed by atoms with van der Waals surface area (Å²) in [4.78, 5) is 11.5. The number of ether oxygens (including phenoxy) is 2. The van der Waals surface area contributed by atoms with Crippen LogP contribution in [0.4, 0.5) is 0 Å². The molecule has 5 heteroatoms. The summed E-state index contributed by atoms with van der Waals surface area (Å²) in [5.41, 5.74) is 0.483. The number of hydrogen-bond donors (Lipinski definition) is 0. The largest absolute Gasteiger partial charge is 0.349 e. The molecule has 1 heterocycles. The lowest BCUT2D eigenvalue weighted by Crippen LogP contribution is -2.24. The van der Waals surface area contributed by atoms with Crippen LogP contribution in [0.1, 0.15) is 10.4 Å². The average molecular weight is 184 g/mol. The fraction of sp³-hybridized carbons (Fsp3) is 0.500. The zero-order chi connectivity index (χ0) is 9.84. The van der Waals surface area contributed by atoms with Gasteiger partial charge in [0.25, 0.3) is 0 Å². The Bertz CT molecular complexity index is 291. The van der Waals surface area contributed by atoms with Crippen molar-refractivity contribution in [3.63, 3.8) is 0 Å². The lowest BCUT2D eigenvalue weighted by molar-refractivity contribution is -0.0742. The number of carbonyl (C=O) groups excluding carboxylic acids is 1. The summed E-state index contributed by atoms with van der Waals surface area (Å²) in [6, 6.07) is 0. The maximum absolute atomic E-state index is 11.5. The molecule has 72 valence electrons. The summed E-state index contributed by atoms with van der Waals surface area (Å²) in [7, 11) is 4.58. The molecule has 0 fully saturated rings. The molecule has 1 aromatic heterocycles. The van der Waals surface area contributed by atoms with E-state index in [4.69, 9.17) is 9.47 Å². The first kappa shape index (κ1) is 9.88. The van der Waals surface area contributed by atoms with Crippen molar-refractivity contribution in [2.75, 3.05) is 14.2 Å². The van der Waals surface area contributed by atoms with Crippen molar-refractivity contribution in [3.8, 4) is 0 Å². The standard InChI is InChI=1S/C8H12N2O3/c1-10-5-6(4-9-10)7(11)8(12-2)13-3/h4-5,8H,1-3H3. The van der Waals surface area contributed by atoms with Gasteiger partial charge in [0, 0.05) is 27.5 Å². The molecule has 0 amide bonds. The average Bonchev–Trinajstić information content (AvgIpc) is 2.54. The summed E-state index contributed by atoms with van der Waals surface area (Å²) in [6.07, 6.45) is 2.25. The summed E-state index contributed by atoms with van der Waals surface area (Å²) >= 11 is 0. The third kappa shape index (κ3) is 2.13. The van der Waals surface area contributed by atoms with E-state index < -0.39 is 6.29 Å². The summed E-state index contributed by atoms with van der Waals surface area (Å²) in [6.45, 7) is 0. The first-order chi connectivity index (χ1) is 6.19. The minimum atomic E-state index is -0.843. The Hall–Kier alpha value is -1.20. The number of ketones is 1. The molecule has 0 N–H and O–H groups in total. The maximum atomic E-state index is 11.5. The molecule has 0 aliphatic heterocycles. The Morgan fingerprint density at radius 2 is 2.15 bits per heavy atom. The fourth-order valence-electron chi connectivity index (χ4n) is 0.995. The van der Waals surface area contributed by atoms with Gasteiger partial charge >= 0.3 is 0 Å². The van der Waals surface area contributed by atoms with Crippen LogP contribution in [0.15, 0.2) is 12.4 Å². The predicted octanol–water partition coefficient (Wildman–Crippen LogP) is 0.222. The lowest BCUT2D eigenvalue weighted by atomic mass is 10.2. The fourth-order valence-corrected chi connectivity index (χ4v) is 0.995. The van der Waals surface area contributed by atoms with Gasteiger partial charge < -0.3 is 9.47 Å². The molecule has 0 unspecified atom stereocenters.